The zero-order valence-electron chi connectivity index (χ0n) is 11.8. The lowest BCUT2D eigenvalue weighted by molar-refractivity contribution is -0.121. The summed E-state index contributed by atoms with van der Waals surface area (Å²) in [5.74, 6) is -0.567. The van der Waals surface area contributed by atoms with Crippen LogP contribution in [-0.4, -0.2) is 33.8 Å². The molecular formula is C15H17N3O2. The molecule has 0 saturated carbocycles. The Morgan fingerprint density at radius 1 is 1.35 bits per heavy atom. The summed E-state index contributed by atoms with van der Waals surface area (Å²) in [6.45, 7) is 5.70. The number of nitrogens with two attached hydrogens (primary N) is 1. The van der Waals surface area contributed by atoms with Crippen LogP contribution in [0.5, 0.6) is 0 Å². The molecule has 0 aromatic carbocycles. The average Bonchev–Trinajstić information content (AvgIpc) is 2.87. The molecule has 1 aliphatic carbocycles. The number of amides is 2. The third kappa shape index (κ3) is 1.73. The molecule has 1 aliphatic heterocycles. The maximum atomic E-state index is 12.8. The number of pyridine rings is 1. The number of aromatic nitrogens is 1. The first-order valence-electron chi connectivity index (χ1n) is 6.66. The van der Waals surface area contributed by atoms with Gasteiger partial charge >= 0.3 is 0 Å². The average molecular weight is 271 g/mol. The molecule has 20 heavy (non-hydrogen) atoms. The predicted molar refractivity (Wildman–Crippen MR) is 74.0 cm³/mol. The van der Waals surface area contributed by atoms with Gasteiger partial charge in [-0.2, -0.15) is 0 Å². The van der Waals surface area contributed by atoms with E-state index in [1.54, 1.807) is 17.2 Å². The molecular weight excluding hydrogens is 254 g/mol. The molecule has 1 aromatic rings. The number of primary amides is 1. The van der Waals surface area contributed by atoms with Gasteiger partial charge in [-0.15, -0.1) is 0 Å². The van der Waals surface area contributed by atoms with Crippen LogP contribution in [0.15, 0.2) is 23.4 Å². The molecule has 0 spiro atoms. The highest BCUT2D eigenvalue weighted by molar-refractivity contribution is 6.00. The van der Waals surface area contributed by atoms with Crippen LogP contribution < -0.4 is 5.73 Å². The van der Waals surface area contributed by atoms with Crippen molar-refractivity contribution in [3.05, 3.63) is 40.2 Å². The van der Waals surface area contributed by atoms with E-state index in [-0.39, 0.29) is 11.9 Å². The fourth-order valence-corrected chi connectivity index (χ4v) is 3.00. The Morgan fingerprint density at radius 2 is 2.05 bits per heavy atom. The molecule has 104 valence electrons. The summed E-state index contributed by atoms with van der Waals surface area (Å²) in [6, 6.07) is 1.26. The molecule has 5 nitrogen and oxygen atoms in total. The van der Waals surface area contributed by atoms with Gasteiger partial charge in [0, 0.05) is 23.9 Å². The third-order valence-electron chi connectivity index (χ3n) is 4.22. The molecule has 2 amide bonds. The zero-order valence-corrected chi connectivity index (χ0v) is 11.8. The summed E-state index contributed by atoms with van der Waals surface area (Å²) in [5, 5.41) is 0. The van der Waals surface area contributed by atoms with E-state index in [0.717, 1.165) is 11.3 Å². The van der Waals surface area contributed by atoms with Gasteiger partial charge < -0.3 is 10.6 Å². The Kier molecular flexibility index (Phi) is 2.67. The molecule has 2 atom stereocenters. The SMILES string of the molecule is CC1=C2C[C@H](C(N)=O)N(C(=O)c3cc(C)ncc3C)[C@H]12. The Hall–Kier alpha value is -2.17. The highest BCUT2D eigenvalue weighted by atomic mass is 16.2. The van der Waals surface area contributed by atoms with Gasteiger partial charge in [0.25, 0.3) is 5.91 Å². The van der Waals surface area contributed by atoms with Gasteiger partial charge in [0.05, 0.1) is 6.04 Å². The van der Waals surface area contributed by atoms with Crippen LogP contribution in [0.4, 0.5) is 0 Å². The van der Waals surface area contributed by atoms with E-state index in [2.05, 4.69) is 4.98 Å². The summed E-state index contributed by atoms with van der Waals surface area (Å²) >= 11 is 0. The molecule has 1 aromatic heterocycles. The number of rotatable bonds is 2. The molecule has 3 rings (SSSR count). The molecule has 0 radical (unpaired) electrons. The van der Waals surface area contributed by atoms with Crippen LogP contribution in [0.2, 0.25) is 0 Å². The van der Waals surface area contributed by atoms with Gasteiger partial charge in [0.2, 0.25) is 5.91 Å². The number of carbonyl (C=O) groups is 2. The predicted octanol–water partition coefficient (Wildman–Crippen LogP) is 1.10. The molecule has 1 saturated heterocycles. The quantitative estimate of drug-likeness (QED) is 0.818. The number of hydrogen-bond donors (Lipinski definition) is 1. The Bertz CT molecular complexity index is 663. The maximum absolute atomic E-state index is 12.8. The second kappa shape index (κ2) is 4.16. The van der Waals surface area contributed by atoms with Crippen LogP contribution in [0.1, 0.15) is 35.0 Å². The van der Waals surface area contributed by atoms with E-state index in [1.165, 1.54) is 11.1 Å². The van der Waals surface area contributed by atoms with Crippen LogP contribution in [0, 0.1) is 13.8 Å². The van der Waals surface area contributed by atoms with Gasteiger partial charge in [-0.25, -0.2) is 0 Å². The molecule has 5 heteroatoms. The van der Waals surface area contributed by atoms with Crippen molar-refractivity contribution in [3.8, 4) is 0 Å². The van der Waals surface area contributed by atoms with Crippen molar-refractivity contribution in [1.82, 2.24) is 9.88 Å². The number of likely N-dealkylation sites (tertiary alicyclic amines) is 1. The molecule has 0 unspecified atom stereocenters. The molecule has 2 aliphatic rings. The van der Waals surface area contributed by atoms with Gasteiger partial charge in [-0.1, -0.05) is 0 Å². The van der Waals surface area contributed by atoms with Crippen molar-refractivity contribution in [2.24, 2.45) is 5.73 Å². The van der Waals surface area contributed by atoms with E-state index in [0.29, 0.717) is 12.0 Å². The van der Waals surface area contributed by atoms with E-state index in [4.69, 9.17) is 5.73 Å². The number of hydrogen-bond acceptors (Lipinski definition) is 3. The third-order valence-corrected chi connectivity index (χ3v) is 4.22. The number of nitrogens with zero attached hydrogens (tertiary/aromatic N) is 2. The fourth-order valence-electron chi connectivity index (χ4n) is 3.00. The van der Waals surface area contributed by atoms with E-state index in [9.17, 15) is 9.59 Å². The van der Waals surface area contributed by atoms with E-state index < -0.39 is 11.9 Å². The highest BCUT2D eigenvalue weighted by Crippen LogP contribution is 2.47. The van der Waals surface area contributed by atoms with E-state index >= 15 is 0 Å². The summed E-state index contributed by atoms with van der Waals surface area (Å²) < 4.78 is 0. The summed E-state index contributed by atoms with van der Waals surface area (Å²) in [7, 11) is 0. The normalized spacial score (nSPS) is 23.9. The number of fused-ring (bicyclic) bond motifs is 1. The maximum Gasteiger partial charge on any atom is 0.255 e. The lowest BCUT2D eigenvalue weighted by atomic mass is 10.1. The largest absolute Gasteiger partial charge is 0.368 e. The lowest BCUT2D eigenvalue weighted by Gasteiger charge is -2.26. The minimum atomic E-state index is -0.515. The second-order valence-corrected chi connectivity index (χ2v) is 5.59. The molecule has 2 N–H and O–H groups in total. The monoisotopic (exact) mass is 271 g/mol. The van der Waals surface area contributed by atoms with Gasteiger partial charge in [-0.3, -0.25) is 14.6 Å². The number of aryl methyl sites for hydroxylation is 2. The fraction of sp³-hybridized carbons (Fsp3) is 0.400. The van der Waals surface area contributed by atoms with Crippen molar-refractivity contribution < 1.29 is 9.59 Å². The van der Waals surface area contributed by atoms with Crippen LogP contribution >= 0.6 is 0 Å². The first kappa shape index (κ1) is 12.8. The minimum Gasteiger partial charge on any atom is -0.368 e. The summed E-state index contributed by atoms with van der Waals surface area (Å²) in [4.78, 5) is 30.2. The highest BCUT2D eigenvalue weighted by Gasteiger charge is 2.52. The van der Waals surface area contributed by atoms with Crippen LogP contribution in [-0.2, 0) is 4.79 Å². The van der Waals surface area contributed by atoms with Crippen molar-refractivity contribution in [2.45, 2.75) is 39.3 Å². The van der Waals surface area contributed by atoms with Gasteiger partial charge in [-0.05, 0) is 43.5 Å². The Labute approximate surface area is 117 Å². The molecule has 0 bridgehead atoms. The number of carbonyl (C=O) groups excluding carboxylic acids is 2. The smallest absolute Gasteiger partial charge is 0.255 e. The van der Waals surface area contributed by atoms with Crippen molar-refractivity contribution in [1.29, 1.82) is 0 Å². The zero-order chi connectivity index (χ0) is 14.6. The first-order chi connectivity index (χ1) is 9.41. The van der Waals surface area contributed by atoms with Gasteiger partial charge in [0.15, 0.2) is 0 Å². The van der Waals surface area contributed by atoms with Crippen molar-refractivity contribution >= 4 is 11.8 Å². The Balaban J connectivity index is 1.97. The van der Waals surface area contributed by atoms with Crippen LogP contribution in [0.3, 0.4) is 0 Å². The minimum absolute atomic E-state index is 0.00729. The summed E-state index contributed by atoms with van der Waals surface area (Å²) in [5.41, 5.74) is 10.0. The topological polar surface area (TPSA) is 76.3 Å². The van der Waals surface area contributed by atoms with Crippen molar-refractivity contribution in [2.75, 3.05) is 0 Å². The van der Waals surface area contributed by atoms with E-state index in [1.807, 2.05) is 20.8 Å². The first-order valence-corrected chi connectivity index (χ1v) is 6.66. The Morgan fingerprint density at radius 3 is 2.70 bits per heavy atom. The standard InChI is InChI=1S/C15H17N3O2/c1-7-6-17-8(2)4-10(7)15(20)18-12(14(16)19)5-11-9(3)13(11)18/h4,6,12-13H,5H2,1-3H3,(H2,16,19)/t12-,13-/m1/s1. The summed E-state index contributed by atoms with van der Waals surface area (Å²) in [6.07, 6.45) is 2.27. The van der Waals surface area contributed by atoms with Crippen LogP contribution in [0.25, 0.3) is 0 Å². The van der Waals surface area contributed by atoms with Crippen molar-refractivity contribution in [3.63, 3.8) is 0 Å². The lowest BCUT2D eigenvalue weighted by Crippen LogP contribution is -2.46. The molecule has 1 fully saturated rings. The molecule has 2 heterocycles. The van der Waals surface area contributed by atoms with Gasteiger partial charge in [0.1, 0.15) is 6.04 Å². The second-order valence-electron chi connectivity index (χ2n) is 5.59.